The van der Waals surface area contributed by atoms with Crippen molar-refractivity contribution >= 4 is 46.6 Å². The molecule has 0 unspecified atom stereocenters. The summed E-state index contributed by atoms with van der Waals surface area (Å²) in [6.45, 7) is 7.25. The molecule has 0 bridgehead atoms. The standard InChI is InChI=1S/C20H24ClN7O2/c1-12-16-17(18(23-10-22-16)24-11-27(5)6)28(26-12)15-8-7-13(9-14(15)21)25-19(29)30-20(2,3)4/h7-11H,1-6H3,(H,25,29). The zero-order valence-electron chi connectivity index (χ0n) is 17.8. The minimum Gasteiger partial charge on any atom is -0.444 e. The number of hydrogen-bond donors (Lipinski definition) is 1. The first-order valence-electron chi connectivity index (χ1n) is 9.26. The Morgan fingerprint density at radius 2 is 2.03 bits per heavy atom. The number of hydrogen-bond acceptors (Lipinski definition) is 6. The van der Waals surface area contributed by atoms with Crippen LogP contribution in [-0.4, -0.2) is 56.8 Å². The van der Waals surface area contributed by atoms with Gasteiger partial charge >= 0.3 is 6.09 Å². The second-order valence-electron chi connectivity index (χ2n) is 7.89. The second-order valence-corrected chi connectivity index (χ2v) is 8.30. The SMILES string of the molecule is Cc1nn(-c2ccc(NC(=O)OC(C)(C)C)cc2Cl)c2c(N=CN(C)C)ncnc12. The highest BCUT2D eigenvalue weighted by atomic mass is 35.5. The minimum atomic E-state index is -0.594. The molecule has 1 N–H and O–H groups in total. The van der Waals surface area contributed by atoms with E-state index in [0.717, 1.165) is 5.69 Å². The lowest BCUT2D eigenvalue weighted by molar-refractivity contribution is 0.0636. The molecule has 10 heteroatoms. The van der Waals surface area contributed by atoms with Crippen LogP contribution in [0, 0.1) is 6.92 Å². The Kier molecular flexibility index (Phi) is 5.93. The van der Waals surface area contributed by atoms with Gasteiger partial charge < -0.3 is 9.64 Å². The number of carbonyl (C=O) groups excluding carboxylic acids is 1. The maximum atomic E-state index is 12.0. The highest BCUT2D eigenvalue weighted by Crippen LogP contribution is 2.31. The summed E-state index contributed by atoms with van der Waals surface area (Å²) in [7, 11) is 3.75. The maximum absolute atomic E-state index is 12.0. The summed E-state index contributed by atoms with van der Waals surface area (Å²) in [6.07, 6.45) is 2.56. The number of fused-ring (bicyclic) bond motifs is 1. The molecule has 0 fully saturated rings. The third-order valence-corrected chi connectivity index (χ3v) is 4.14. The van der Waals surface area contributed by atoms with Crippen molar-refractivity contribution in [2.75, 3.05) is 19.4 Å². The lowest BCUT2D eigenvalue weighted by Gasteiger charge is -2.19. The number of anilines is 1. The van der Waals surface area contributed by atoms with E-state index in [1.54, 1.807) is 50.0 Å². The predicted molar refractivity (Wildman–Crippen MR) is 118 cm³/mol. The van der Waals surface area contributed by atoms with Gasteiger partial charge in [-0.15, -0.1) is 0 Å². The van der Waals surface area contributed by atoms with Gasteiger partial charge in [0.05, 0.1) is 22.7 Å². The normalized spacial score (nSPS) is 11.8. The summed E-state index contributed by atoms with van der Waals surface area (Å²) < 4.78 is 6.93. The molecule has 0 aliphatic carbocycles. The van der Waals surface area contributed by atoms with Gasteiger partial charge in [0.1, 0.15) is 23.0 Å². The third kappa shape index (κ3) is 4.85. The van der Waals surface area contributed by atoms with Crippen LogP contribution in [0.15, 0.2) is 29.5 Å². The molecule has 2 aromatic heterocycles. The summed E-state index contributed by atoms with van der Waals surface area (Å²) in [5.41, 5.74) is 2.57. The van der Waals surface area contributed by atoms with Crippen molar-refractivity contribution in [2.45, 2.75) is 33.3 Å². The topological polar surface area (TPSA) is 97.5 Å². The Morgan fingerprint density at radius 1 is 1.30 bits per heavy atom. The van der Waals surface area contributed by atoms with Crippen molar-refractivity contribution in [3.8, 4) is 5.69 Å². The number of ether oxygens (including phenoxy) is 1. The molecule has 0 atom stereocenters. The van der Waals surface area contributed by atoms with E-state index < -0.39 is 11.7 Å². The van der Waals surface area contributed by atoms with Crippen LogP contribution in [0.4, 0.5) is 16.3 Å². The first-order valence-corrected chi connectivity index (χ1v) is 9.64. The molecule has 0 saturated heterocycles. The van der Waals surface area contributed by atoms with Gasteiger partial charge in [0.2, 0.25) is 0 Å². The molecule has 3 aromatic rings. The zero-order chi connectivity index (χ0) is 22.1. The van der Waals surface area contributed by atoms with E-state index in [-0.39, 0.29) is 0 Å². The van der Waals surface area contributed by atoms with E-state index in [4.69, 9.17) is 16.3 Å². The van der Waals surface area contributed by atoms with E-state index in [0.29, 0.717) is 33.2 Å². The lowest BCUT2D eigenvalue weighted by atomic mass is 10.2. The number of amides is 1. The fourth-order valence-electron chi connectivity index (χ4n) is 2.69. The molecule has 9 nitrogen and oxygen atoms in total. The molecular formula is C20H24ClN7O2. The molecule has 30 heavy (non-hydrogen) atoms. The van der Waals surface area contributed by atoms with Crippen molar-refractivity contribution in [1.29, 1.82) is 0 Å². The quantitative estimate of drug-likeness (QED) is 0.489. The van der Waals surface area contributed by atoms with Crippen LogP contribution in [-0.2, 0) is 4.74 Å². The van der Waals surface area contributed by atoms with Crippen molar-refractivity contribution in [1.82, 2.24) is 24.6 Å². The summed E-state index contributed by atoms with van der Waals surface area (Å²) in [6, 6.07) is 5.12. The molecule has 0 spiro atoms. The summed E-state index contributed by atoms with van der Waals surface area (Å²) >= 11 is 6.53. The fourth-order valence-corrected chi connectivity index (χ4v) is 2.95. The molecule has 1 aromatic carbocycles. The molecule has 3 rings (SSSR count). The van der Waals surface area contributed by atoms with Gasteiger partial charge in [-0.1, -0.05) is 11.6 Å². The third-order valence-electron chi connectivity index (χ3n) is 3.84. The first kappa shape index (κ1) is 21.5. The van der Waals surface area contributed by atoms with E-state index in [9.17, 15) is 4.79 Å². The zero-order valence-corrected chi connectivity index (χ0v) is 18.5. The van der Waals surface area contributed by atoms with E-state index in [2.05, 4.69) is 25.4 Å². The number of nitrogens with zero attached hydrogens (tertiary/aromatic N) is 6. The average molecular weight is 430 g/mol. The van der Waals surface area contributed by atoms with Crippen LogP contribution in [0.2, 0.25) is 5.02 Å². The Labute approximate surface area is 179 Å². The first-order chi connectivity index (χ1) is 14.0. The van der Waals surface area contributed by atoms with Gasteiger partial charge in [-0.2, -0.15) is 5.10 Å². The average Bonchev–Trinajstić information content (AvgIpc) is 2.96. The van der Waals surface area contributed by atoms with Gasteiger partial charge in [-0.05, 0) is 45.9 Å². The number of halogens is 1. The van der Waals surface area contributed by atoms with Crippen LogP contribution in [0.1, 0.15) is 26.5 Å². The highest BCUT2D eigenvalue weighted by molar-refractivity contribution is 6.32. The second kappa shape index (κ2) is 8.27. The molecule has 0 aliphatic heterocycles. The number of aromatic nitrogens is 4. The number of carbonyl (C=O) groups is 1. The van der Waals surface area contributed by atoms with E-state index in [1.165, 1.54) is 6.33 Å². The van der Waals surface area contributed by atoms with Gasteiger partial charge in [-0.25, -0.2) is 24.4 Å². The fraction of sp³-hybridized carbons (Fsp3) is 0.350. The Hall–Kier alpha value is -3.20. The van der Waals surface area contributed by atoms with Crippen molar-refractivity contribution < 1.29 is 9.53 Å². The summed E-state index contributed by atoms with van der Waals surface area (Å²) in [5.74, 6) is 0.473. The van der Waals surface area contributed by atoms with Gasteiger partial charge in [-0.3, -0.25) is 5.32 Å². The van der Waals surface area contributed by atoms with Crippen molar-refractivity contribution in [3.63, 3.8) is 0 Å². The maximum Gasteiger partial charge on any atom is 0.412 e. The number of rotatable bonds is 4. The van der Waals surface area contributed by atoms with Gasteiger partial charge in [0.15, 0.2) is 5.82 Å². The minimum absolute atomic E-state index is 0.388. The largest absolute Gasteiger partial charge is 0.444 e. The Balaban J connectivity index is 2.01. The number of benzene rings is 1. The number of nitrogens with one attached hydrogen (secondary N) is 1. The molecule has 158 valence electrons. The number of aliphatic imine (C=N–C) groups is 1. The summed E-state index contributed by atoms with van der Waals surface area (Å²) in [4.78, 5) is 26.9. The van der Waals surface area contributed by atoms with Crippen LogP contribution in [0.3, 0.4) is 0 Å². The van der Waals surface area contributed by atoms with Crippen molar-refractivity contribution in [3.05, 3.63) is 35.2 Å². The highest BCUT2D eigenvalue weighted by Gasteiger charge is 2.19. The van der Waals surface area contributed by atoms with Crippen LogP contribution < -0.4 is 5.32 Å². The summed E-state index contributed by atoms with van der Waals surface area (Å²) in [5, 5.41) is 7.64. The predicted octanol–water partition coefficient (Wildman–Crippen LogP) is 4.35. The van der Waals surface area contributed by atoms with Crippen LogP contribution in [0.5, 0.6) is 0 Å². The molecule has 0 saturated carbocycles. The molecule has 0 aliphatic rings. The molecule has 2 heterocycles. The molecule has 1 amide bonds. The Bertz CT molecular complexity index is 1120. The lowest BCUT2D eigenvalue weighted by Crippen LogP contribution is -2.27. The van der Waals surface area contributed by atoms with E-state index in [1.807, 2.05) is 25.9 Å². The smallest absolute Gasteiger partial charge is 0.412 e. The van der Waals surface area contributed by atoms with Crippen LogP contribution in [0.25, 0.3) is 16.7 Å². The van der Waals surface area contributed by atoms with E-state index >= 15 is 0 Å². The number of aryl methyl sites for hydroxylation is 1. The van der Waals surface area contributed by atoms with Crippen LogP contribution >= 0.6 is 11.6 Å². The van der Waals surface area contributed by atoms with Gasteiger partial charge in [0.25, 0.3) is 0 Å². The molecular weight excluding hydrogens is 406 g/mol. The monoisotopic (exact) mass is 429 g/mol. The Morgan fingerprint density at radius 3 is 2.67 bits per heavy atom. The van der Waals surface area contributed by atoms with Gasteiger partial charge in [0, 0.05) is 19.8 Å². The molecule has 0 radical (unpaired) electrons. The van der Waals surface area contributed by atoms with Crippen molar-refractivity contribution in [2.24, 2.45) is 4.99 Å².